The molecule has 2 fully saturated rings. The molecule has 3 heterocycles. The largest absolute Gasteiger partial charge is 0.480 e. The standard InChI is InChI=1S/C26H33ClN4O3/c1-3-17-6-9-22(29-24(17)28-2)18-10-13-30(14-11-18)25(32)20-12-15-31(16-20)23(26(33)34)19-4-7-21(27)8-5-19/h4-9,18,20,23H,3,10-16H2,1-2H3,(H,28,29)(H,33,34)/t20-,23-/m1/s1. The highest BCUT2D eigenvalue weighted by molar-refractivity contribution is 6.30. The number of halogens is 1. The van der Waals surface area contributed by atoms with Crippen molar-refractivity contribution in [3.8, 4) is 0 Å². The summed E-state index contributed by atoms with van der Waals surface area (Å²) in [5.41, 5.74) is 2.99. The molecule has 0 spiro atoms. The van der Waals surface area contributed by atoms with E-state index in [1.54, 1.807) is 24.3 Å². The van der Waals surface area contributed by atoms with Gasteiger partial charge in [-0.05, 0) is 55.0 Å². The van der Waals surface area contributed by atoms with Gasteiger partial charge >= 0.3 is 5.97 Å². The highest BCUT2D eigenvalue weighted by atomic mass is 35.5. The molecule has 2 atom stereocenters. The number of nitrogens with zero attached hydrogens (tertiary/aromatic N) is 3. The van der Waals surface area contributed by atoms with E-state index in [1.165, 1.54) is 5.56 Å². The molecule has 0 saturated carbocycles. The van der Waals surface area contributed by atoms with Gasteiger partial charge < -0.3 is 15.3 Å². The third kappa shape index (κ3) is 5.20. The summed E-state index contributed by atoms with van der Waals surface area (Å²) in [6.45, 7) is 4.61. The lowest BCUT2D eigenvalue weighted by molar-refractivity contribution is -0.144. The predicted octanol–water partition coefficient (Wildman–Crippen LogP) is 4.19. The van der Waals surface area contributed by atoms with Gasteiger partial charge in [-0.15, -0.1) is 0 Å². The second kappa shape index (κ2) is 10.7. The van der Waals surface area contributed by atoms with Gasteiger partial charge in [0.25, 0.3) is 0 Å². The second-order valence-corrected chi connectivity index (χ2v) is 9.66. The lowest BCUT2D eigenvalue weighted by Gasteiger charge is -2.33. The number of likely N-dealkylation sites (tertiary alicyclic amines) is 2. The van der Waals surface area contributed by atoms with Gasteiger partial charge in [0.05, 0.1) is 5.92 Å². The Kier molecular flexibility index (Phi) is 7.73. The summed E-state index contributed by atoms with van der Waals surface area (Å²) in [6.07, 6.45) is 3.41. The van der Waals surface area contributed by atoms with Crippen molar-refractivity contribution in [3.05, 3.63) is 58.2 Å². The minimum Gasteiger partial charge on any atom is -0.480 e. The number of carbonyl (C=O) groups is 2. The summed E-state index contributed by atoms with van der Waals surface area (Å²) in [5.74, 6) is 0.371. The number of rotatable bonds is 7. The molecule has 0 bridgehead atoms. The number of hydrogen-bond acceptors (Lipinski definition) is 5. The maximum atomic E-state index is 13.3. The van der Waals surface area contributed by atoms with E-state index in [0.717, 1.165) is 30.8 Å². The quantitative estimate of drug-likeness (QED) is 0.612. The Morgan fingerprint density at radius 3 is 2.44 bits per heavy atom. The van der Waals surface area contributed by atoms with E-state index in [0.29, 0.717) is 49.1 Å². The molecule has 4 rings (SSSR count). The van der Waals surface area contributed by atoms with Crippen LogP contribution in [0.1, 0.15) is 55.0 Å². The monoisotopic (exact) mass is 484 g/mol. The van der Waals surface area contributed by atoms with Crippen LogP contribution in [0, 0.1) is 5.92 Å². The number of aliphatic carboxylic acids is 1. The number of hydrogen-bond donors (Lipinski definition) is 2. The average Bonchev–Trinajstić information content (AvgIpc) is 3.34. The molecule has 1 aromatic heterocycles. The average molecular weight is 485 g/mol. The molecule has 34 heavy (non-hydrogen) atoms. The van der Waals surface area contributed by atoms with E-state index < -0.39 is 12.0 Å². The molecule has 1 amide bonds. The van der Waals surface area contributed by atoms with E-state index in [1.807, 2.05) is 16.8 Å². The molecular weight excluding hydrogens is 452 g/mol. The first kappa shape index (κ1) is 24.5. The number of nitrogens with one attached hydrogen (secondary N) is 1. The highest BCUT2D eigenvalue weighted by Gasteiger charge is 2.38. The number of carbonyl (C=O) groups excluding carboxylic acids is 1. The number of benzene rings is 1. The SMILES string of the molecule is CCc1ccc(C2CCN(C(=O)[C@@H]3CCN([C@@H](C(=O)O)c4ccc(Cl)cc4)C3)CC2)nc1NC. The van der Waals surface area contributed by atoms with Crippen molar-refractivity contribution >= 4 is 29.3 Å². The van der Waals surface area contributed by atoms with Gasteiger partial charge in [0.15, 0.2) is 0 Å². The summed E-state index contributed by atoms with van der Waals surface area (Å²) in [6, 6.07) is 10.4. The van der Waals surface area contributed by atoms with Gasteiger partial charge in [0.2, 0.25) is 5.91 Å². The number of aromatic nitrogens is 1. The van der Waals surface area contributed by atoms with Crippen molar-refractivity contribution in [2.24, 2.45) is 5.92 Å². The van der Waals surface area contributed by atoms with Crippen LogP contribution < -0.4 is 5.32 Å². The molecule has 2 aliphatic heterocycles. The molecule has 2 aromatic rings. The Morgan fingerprint density at radius 1 is 1.12 bits per heavy atom. The molecule has 0 radical (unpaired) electrons. The van der Waals surface area contributed by atoms with Crippen molar-refractivity contribution in [2.75, 3.05) is 38.5 Å². The maximum absolute atomic E-state index is 13.3. The molecule has 7 nitrogen and oxygen atoms in total. The summed E-state index contributed by atoms with van der Waals surface area (Å²) < 4.78 is 0. The first-order chi connectivity index (χ1) is 16.4. The number of anilines is 1. The number of piperidine rings is 1. The van der Waals surface area contributed by atoms with Crippen molar-refractivity contribution in [3.63, 3.8) is 0 Å². The van der Waals surface area contributed by atoms with Crippen LogP contribution in [0.15, 0.2) is 36.4 Å². The lowest BCUT2D eigenvalue weighted by atomic mass is 9.91. The van der Waals surface area contributed by atoms with E-state index in [4.69, 9.17) is 16.6 Å². The predicted molar refractivity (Wildman–Crippen MR) is 133 cm³/mol. The highest BCUT2D eigenvalue weighted by Crippen LogP contribution is 2.33. The van der Waals surface area contributed by atoms with Crippen LogP contribution in [0.5, 0.6) is 0 Å². The van der Waals surface area contributed by atoms with Gasteiger partial charge in [-0.2, -0.15) is 0 Å². The minimum atomic E-state index is -0.904. The van der Waals surface area contributed by atoms with Gasteiger partial charge in [-0.1, -0.05) is 36.7 Å². The normalized spacial score (nSPS) is 20.3. The van der Waals surface area contributed by atoms with Crippen molar-refractivity contribution < 1.29 is 14.7 Å². The zero-order valence-electron chi connectivity index (χ0n) is 19.8. The molecule has 2 N–H and O–H groups in total. The molecule has 2 saturated heterocycles. The molecule has 1 aromatic carbocycles. The first-order valence-electron chi connectivity index (χ1n) is 12.1. The molecule has 182 valence electrons. The number of pyridine rings is 1. The third-order valence-corrected chi connectivity index (χ3v) is 7.45. The van der Waals surface area contributed by atoms with Crippen molar-refractivity contribution in [2.45, 2.75) is 44.6 Å². The first-order valence-corrected chi connectivity index (χ1v) is 12.5. The fourth-order valence-electron chi connectivity index (χ4n) is 5.26. The number of amides is 1. The van der Waals surface area contributed by atoms with Gasteiger partial charge in [-0.25, -0.2) is 4.98 Å². The van der Waals surface area contributed by atoms with Crippen LogP contribution in [-0.2, 0) is 16.0 Å². The van der Waals surface area contributed by atoms with E-state index in [-0.39, 0.29) is 11.8 Å². The zero-order valence-corrected chi connectivity index (χ0v) is 20.6. The molecule has 0 aliphatic carbocycles. The Morgan fingerprint density at radius 2 is 1.82 bits per heavy atom. The number of aryl methyl sites for hydroxylation is 1. The van der Waals surface area contributed by atoms with Gasteiger partial charge in [-0.3, -0.25) is 14.5 Å². The summed E-state index contributed by atoms with van der Waals surface area (Å²) in [5, 5.41) is 13.6. The molecular formula is C26H33ClN4O3. The summed E-state index contributed by atoms with van der Waals surface area (Å²) >= 11 is 5.97. The van der Waals surface area contributed by atoms with Crippen LogP contribution in [0.25, 0.3) is 0 Å². The fourth-order valence-corrected chi connectivity index (χ4v) is 5.39. The van der Waals surface area contributed by atoms with Crippen LogP contribution in [0.2, 0.25) is 5.02 Å². The smallest absolute Gasteiger partial charge is 0.325 e. The van der Waals surface area contributed by atoms with Crippen LogP contribution in [0.3, 0.4) is 0 Å². The number of carboxylic acid groups (broad SMARTS) is 1. The molecule has 0 unspecified atom stereocenters. The van der Waals surface area contributed by atoms with Crippen LogP contribution in [0.4, 0.5) is 5.82 Å². The van der Waals surface area contributed by atoms with Crippen molar-refractivity contribution in [1.29, 1.82) is 0 Å². The lowest BCUT2D eigenvalue weighted by Crippen LogP contribution is -2.42. The second-order valence-electron chi connectivity index (χ2n) is 9.22. The Hall–Kier alpha value is -2.64. The van der Waals surface area contributed by atoms with Crippen LogP contribution >= 0.6 is 11.6 Å². The number of carboxylic acids is 1. The van der Waals surface area contributed by atoms with Gasteiger partial charge in [0.1, 0.15) is 11.9 Å². The van der Waals surface area contributed by atoms with Crippen molar-refractivity contribution in [1.82, 2.24) is 14.8 Å². The van der Waals surface area contributed by atoms with Gasteiger partial charge in [0, 0.05) is 49.9 Å². The minimum absolute atomic E-state index is 0.145. The van der Waals surface area contributed by atoms with Crippen LogP contribution in [-0.4, -0.2) is 65.0 Å². The van der Waals surface area contributed by atoms with E-state index in [9.17, 15) is 14.7 Å². The molecule has 2 aliphatic rings. The maximum Gasteiger partial charge on any atom is 0.325 e. The Balaban J connectivity index is 1.36. The Labute approximate surface area is 206 Å². The van der Waals surface area contributed by atoms with E-state index in [2.05, 4.69) is 24.4 Å². The fraction of sp³-hybridized carbons (Fsp3) is 0.500. The zero-order chi connectivity index (χ0) is 24.2. The Bertz CT molecular complexity index is 1020. The third-order valence-electron chi connectivity index (χ3n) is 7.20. The molecule has 8 heteroatoms. The summed E-state index contributed by atoms with van der Waals surface area (Å²) in [4.78, 5) is 34.0. The summed E-state index contributed by atoms with van der Waals surface area (Å²) in [7, 11) is 1.90. The topological polar surface area (TPSA) is 85.8 Å². The van der Waals surface area contributed by atoms with E-state index >= 15 is 0 Å².